The van der Waals surface area contributed by atoms with Crippen molar-refractivity contribution >= 4 is 32.4 Å². The Morgan fingerprint density at radius 2 is 1.83 bits per heavy atom. The molecule has 0 unspecified atom stereocenters. The minimum Gasteiger partial charge on any atom is -0.351 e. The number of nitrogens with zero attached hydrogens (tertiary/aromatic N) is 1. The minimum absolute atomic E-state index is 0.198. The van der Waals surface area contributed by atoms with E-state index in [9.17, 15) is 17.4 Å². The zero-order valence-electron chi connectivity index (χ0n) is 12.9. The van der Waals surface area contributed by atoms with Gasteiger partial charge < -0.3 is 5.32 Å². The molecule has 1 aromatic carbocycles. The lowest BCUT2D eigenvalue weighted by Gasteiger charge is -2.25. The van der Waals surface area contributed by atoms with E-state index >= 15 is 0 Å². The molecular weight excluding hydrogens is 338 g/mol. The Balaban J connectivity index is 1.78. The molecule has 0 aliphatic carbocycles. The van der Waals surface area contributed by atoms with Crippen LogP contribution in [0.5, 0.6) is 0 Å². The number of carbonyl (C=O) groups is 1. The van der Waals surface area contributed by atoms with Gasteiger partial charge in [-0.2, -0.15) is 0 Å². The van der Waals surface area contributed by atoms with Crippen LogP contribution in [0.1, 0.15) is 10.4 Å². The number of hydrogen-bond donors (Lipinski definition) is 2. The molecule has 1 aliphatic rings. The summed E-state index contributed by atoms with van der Waals surface area (Å²) in [6.45, 7) is 2.86. The first kappa shape index (κ1) is 17.9. The lowest BCUT2D eigenvalue weighted by atomic mass is 10.2. The number of benzene rings is 1. The number of carbonyl (C=O) groups excluding carboxylic acids is 1. The summed E-state index contributed by atoms with van der Waals surface area (Å²) in [5, 5.41) is 2.83. The zero-order chi connectivity index (χ0) is 16.9. The smallest absolute Gasteiger partial charge is 0.251 e. The summed E-state index contributed by atoms with van der Waals surface area (Å²) in [4.78, 5) is 14.2. The Labute approximate surface area is 139 Å². The van der Waals surface area contributed by atoms with Crippen LogP contribution >= 0.6 is 0 Å². The van der Waals surface area contributed by atoms with Crippen LogP contribution in [0.15, 0.2) is 24.3 Å². The number of hydrogen-bond acceptors (Lipinski definition) is 5. The number of anilines is 1. The molecule has 9 heteroatoms. The molecule has 23 heavy (non-hydrogen) atoms. The third kappa shape index (κ3) is 6.28. The van der Waals surface area contributed by atoms with Crippen molar-refractivity contribution in [1.82, 2.24) is 10.2 Å². The summed E-state index contributed by atoms with van der Waals surface area (Å²) in [5.41, 5.74) is 0.897. The number of rotatable bonds is 6. The van der Waals surface area contributed by atoms with Crippen LogP contribution in [0.2, 0.25) is 0 Å². The summed E-state index contributed by atoms with van der Waals surface area (Å²) in [7, 11) is -4.01. The highest BCUT2D eigenvalue weighted by atomic mass is 32.2. The van der Waals surface area contributed by atoms with E-state index in [2.05, 4.69) is 14.9 Å². The molecule has 0 radical (unpaired) electrons. The van der Waals surface area contributed by atoms with Gasteiger partial charge in [0.1, 0.15) is 0 Å². The molecule has 1 heterocycles. The molecule has 0 spiro atoms. The van der Waals surface area contributed by atoms with Crippen LogP contribution in [0.25, 0.3) is 0 Å². The first-order valence-electron chi connectivity index (χ1n) is 7.27. The molecule has 1 fully saturated rings. The number of sulfonamides is 1. The van der Waals surface area contributed by atoms with Crippen LogP contribution in [0.3, 0.4) is 0 Å². The molecule has 7 nitrogen and oxygen atoms in total. The van der Waals surface area contributed by atoms with Gasteiger partial charge in [0.2, 0.25) is 10.0 Å². The minimum atomic E-state index is -3.32. The fraction of sp³-hybridized carbons (Fsp3) is 0.500. The lowest BCUT2D eigenvalue weighted by Crippen LogP contribution is -2.42. The van der Waals surface area contributed by atoms with E-state index in [1.165, 1.54) is 0 Å². The number of amides is 1. The Hall–Kier alpha value is -1.45. The molecule has 128 valence electrons. The largest absolute Gasteiger partial charge is 0.351 e. The van der Waals surface area contributed by atoms with Gasteiger partial charge in [0.15, 0.2) is 0 Å². The lowest BCUT2D eigenvalue weighted by molar-refractivity contribution is 0.0949. The second-order valence-electron chi connectivity index (χ2n) is 5.40. The van der Waals surface area contributed by atoms with Gasteiger partial charge in [0, 0.05) is 59.7 Å². The Morgan fingerprint density at radius 1 is 1.22 bits per heavy atom. The summed E-state index contributed by atoms with van der Waals surface area (Å²) in [6.07, 6.45) is 1.07. The van der Waals surface area contributed by atoms with E-state index in [4.69, 9.17) is 0 Å². The van der Waals surface area contributed by atoms with Crippen LogP contribution in [0, 0.1) is 0 Å². The Bertz CT molecular complexity index is 664. The first-order valence-corrected chi connectivity index (χ1v) is 10.6. The molecule has 0 atom stereocenters. The average Bonchev–Trinajstić information content (AvgIpc) is 2.48. The van der Waals surface area contributed by atoms with Gasteiger partial charge in [0.25, 0.3) is 5.91 Å². The van der Waals surface area contributed by atoms with Gasteiger partial charge in [-0.1, -0.05) is 0 Å². The molecule has 1 amide bonds. The molecule has 2 N–H and O–H groups in total. The van der Waals surface area contributed by atoms with Crippen LogP contribution in [-0.4, -0.2) is 67.4 Å². The molecule has 0 bridgehead atoms. The van der Waals surface area contributed by atoms with E-state index in [0.29, 0.717) is 29.3 Å². The standard InChI is InChI=1S/C14H21N3O4S2/c1-23(20,21)16-13-4-2-12(3-5-13)14(18)15-6-7-17-8-10-22(19)11-9-17/h2-5,16H,6-11H2,1H3,(H,15,18). The fourth-order valence-corrected chi connectivity index (χ4v) is 3.92. The monoisotopic (exact) mass is 359 g/mol. The predicted octanol–water partition coefficient (Wildman–Crippen LogP) is -0.148. The van der Waals surface area contributed by atoms with Crippen LogP contribution in [-0.2, 0) is 20.8 Å². The highest BCUT2D eigenvalue weighted by Gasteiger charge is 2.14. The van der Waals surface area contributed by atoms with Crippen LogP contribution in [0.4, 0.5) is 5.69 Å². The SMILES string of the molecule is CS(=O)(=O)Nc1ccc(C(=O)NCCN2CCS(=O)CC2)cc1. The second-order valence-corrected chi connectivity index (χ2v) is 8.84. The summed E-state index contributed by atoms with van der Waals surface area (Å²) < 4.78 is 35.8. The van der Waals surface area contributed by atoms with Crippen molar-refractivity contribution in [2.75, 3.05) is 48.7 Å². The zero-order valence-corrected chi connectivity index (χ0v) is 14.6. The van der Waals surface area contributed by atoms with Crippen LogP contribution < -0.4 is 10.0 Å². The highest BCUT2D eigenvalue weighted by molar-refractivity contribution is 7.92. The third-order valence-corrected chi connectivity index (χ3v) is 5.32. The Kier molecular flexibility index (Phi) is 6.14. The number of nitrogens with one attached hydrogen (secondary N) is 2. The Morgan fingerprint density at radius 3 is 2.39 bits per heavy atom. The maximum atomic E-state index is 12.0. The van der Waals surface area contributed by atoms with E-state index in [-0.39, 0.29) is 5.91 Å². The predicted molar refractivity (Wildman–Crippen MR) is 91.6 cm³/mol. The van der Waals surface area contributed by atoms with E-state index in [1.807, 2.05) is 0 Å². The van der Waals surface area contributed by atoms with Gasteiger partial charge in [-0.3, -0.25) is 18.6 Å². The average molecular weight is 359 g/mol. The van der Waals surface area contributed by atoms with Gasteiger partial charge >= 0.3 is 0 Å². The first-order chi connectivity index (χ1) is 10.8. The second kappa shape index (κ2) is 7.89. The van der Waals surface area contributed by atoms with E-state index in [1.54, 1.807) is 24.3 Å². The maximum Gasteiger partial charge on any atom is 0.251 e. The molecule has 2 rings (SSSR count). The molecule has 1 saturated heterocycles. The van der Waals surface area contributed by atoms with E-state index < -0.39 is 20.8 Å². The summed E-state index contributed by atoms with van der Waals surface area (Å²) >= 11 is 0. The van der Waals surface area contributed by atoms with Gasteiger partial charge in [-0.05, 0) is 24.3 Å². The normalized spacial score (nSPS) is 16.9. The van der Waals surface area contributed by atoms with Gasteiger partial charge in [0.05, 0.1) is 6.26 Å². The van der Waals surface area contributed by atoms with Crippen molar-refractivity contribution in [3.8, 4) is 0 Å². The maximum absolute atomic E-state index is 12.0. The van der Waals surface area contributed by atoms with Crippen molar-refractivity contribution in [2.24, 2.45) is 0 Å². The van der Waals surface area contributed by atoms with Gasteiger partial charge in [-0.25, -0.2) is 8.42 Å². The van der Waals surface area contributed by atoms with Crippen molar-refractivity contribution in [2.45, 2.75) is 0 Å². The van der Waals surface area contributed by atoms with Crippen molar-refractivity contribution in [3.05, 3.63) is 29.8 Å². The molecule has 0 saturated carbocycles. The summed E-state index contributed by atoms with van der Waals surface area (Å²) in [6, 6.07) is 6.26. The quantitative estimate of drug-likeness (QED) is 0.737. The fourth-order valence-electron chi connectivity index (χ4n) is 2.23. The highest BCUT2D eigenvalue weighted by Crippen LogP contribution is 2.10. The molecule has 1 aliphatic heterocycles. The third-order valence-electron chi connectivity index (χ3n) is 3.43. The van der Waals surface area contributed by atoms with E-state index in [0.717, 1.165) is 25.9 Å². The van der Waals surface area contributed by atoms with Crippen molar-refractivity contribution in [1.29, 1.82) is 0 Å². The molecular formula is C14H21N3O4S2. The summed E-state index contributed by atoms with van der Waals surface area (Å²) in [5.74, 6) is 1.20. The molecule has 0 aromatic heterocycles. The molecule has 1 aromatic rings. The van der Waals surface area contributed by atoms with Crippen molar-refractivity contribution < 1.29 is 17.4 Å². The topological polar surface area (TPSA) is 95.6 Å². The van der Waals surface area contributed by atoms with Crippen molar-refractivity contribution in [3.63, 3.8) is 0 Å². The van der Waals surface area contributed by atoms with Gasteiger partial charge in [-0.15, -0.1) is 0 Å².